The van der Waals surface area contributed by atoms with Crippen molar-refractivity contribution in [1.82, 2.24) is 10.2 Å². The van der Waals surface area contributed by atoms with Crippen LogP contribution in [-0.4, -0.2) is 33.3 Å². The number of nitrogens with zero attached hydrogens (tertiary/aromatic N) is 1. The van der Waals surface area contributed by atoms with Crippen LogP contribution in [0.2, 0.25) is 0 Å². The fourth-order valence-corrected chi connectivity index (χ4v) is 4.38. The molecule has 3 rings (SSSR count). The van der Waals surface area contributed by atoms with Crippen molar-refractivity contribution in [2.24, 2.45) is 0 Å². The number of hydrogen-bond donors (Lipinski definition) is 2. The van der Waals surface area contributed by atoms with Gasteiger partial charge in [-0.1, -0.05) is 12.1 Å². The fourth-order valence-electron chi connectivity index (χ4n) is 2.37. The monoisotopic (exact) mass is 365 g/mol. The van der Waals surface area contributed by atoms with Crippen LogP contribution < -0.4 is 4.72 Å². The number of H-pyrrole nitrogens is 1. The number of fused-ring (bicyclic) bond motifs is 1. The van der Waals surface area contributed by atoms with Crippen molar-refractivity contribution in [1.29, 1.82) is 0 Å². The highest BCUT2D eigenvalue weighted by atomic mass is 32.2. The van der Waals surface area contributed by atoms with Crippen LogP contribution in [0, 0.1) is 6.92 Å². The van der Waals surface area contributed by atoms with E-state index in [9.17, 15) is 16.8 Å². The van der Waals surface area contributed by atoms with E-state index in [1.807, 2.05) is 0 Å². The first-order valence-corrected chi connectivity index (χ1v) is 10.3. The van der Waals surface area contributed by atoms with Crippen molar-refractivity contribution in [2.45, 2.75) is 16.7 Å². The highest BCUT2D eigenvalue weighted by molar-refractivity contribution is 7.93. The lowest BCUT2D eigenvalue weighted by atomic mass is 10.2. The molecular formula is C15H15N3O4S2. The number of nitrogens with one attached hydrogen (secondary N) is 2. The zero-order chi connectivity index (χ0) is 17.5. The standard InChI is InChI=1S/C15H15N3O4S2/c1-10-12-9-11(7-8-13(12)17-16-10)24(21,22)18-14-5-3-4-6-15(14)23(2,19)20/h3-9,18H,1-2H3,(H,16,17). The van der Waals surface area contributed by atoms with Crippen LogP contribution in [0.5, 0.6) is 0 Å². The molecule has 0 aliphatic rings. The topological polar surface area (TPSA) is 109 Å². The lowest BCUT2D eigenvalue weighted by Gasteiger charge is -2.11. The Morgan fingerprint density at radius 1 is 1.04 bits per heavy atom. The molecule has 1 heterocycles. The molecule has 0 fully saturated rings. The van der Waals surface area contributed by atoms with Crippen molar-refractivity contribution in [3.8, 4) is 0 Å². The van der Waals surface area contributed by atoms with E-state index in [0.717, 1.165) is 11.8 Å². The maximum absolute atomic E-state index is 12.6. The first kappa shape index (κ1) is 16.5. The van der Waals surface area contributed by atoms with E-state index in [4.69, 9.17) is 0 Å². The van der Waals surface area contributed by atoms with Crippen LogP contribution in [-0.2, 0) is 19.9 Å². The van der Waals surface area contributed by atoms with Crippen molar-refractivity contribution >= 4 is 36.5 Å². The molecule has 24 heavy (non-hydrogen) atoms. The van der Waals surface area contributed by atoms with Gasteiger partial charge in [0.25, 0.3) is 10.0 Å². The van der Waals surface area contributed by atoms with Crippen molar-refractivity contribution in [3.05, 3.63) is 48.2 Å². The summed E-state index contributed by atoms with van der Waals surface area (Å²) in [7, 11) is -7.50. The Balaban J connectivity index is 2.07. The van der Waals surface area contributed by atoms with Crippen LogP contribution in [0.15, 0.2) is 52.3 Å². The molecule has 0 radical (unpaired) electrons. The van der Waals surface area contributed by atoms with E-state index in [2.05, 4.69) is 14.9 Å². The Morgan fingerprint density at radius 3 is 2.46 bits per heavy atom. The zero-order valence-electron chi connectivity index (χ0n) is 12.9. The Morgan fingerprint density at radius 2 is 1.75 bits per heavy atom. The molecule has 126 valence electrons. The minimum atomic E-state index is -3.94. The molecule has 0 bridgehead atoms. The molecule has 0 saturated heterocycles. The molecular weight excluding hydrogens is 350 g/mol. The summed E-state index contributed by atoms with van der Waals surface area (Å²) in [6.45, 7) is 1.77. The molecule has 1 aromatic heterocycles. The second-order valence-electron chi connectivity index (χ2n) is 5.39. The van der Waals surface area contributed by atoms with E-state index in [1.165, 1.54) is 30.3 Å². The number of aryl methyl sites for hydroxylation is 1. The van der Waals surface area contributed by atoms with Gasteiger partial charge in [-0.15, -0.1) is 0 Å². The van der Waals surface area contributed by atoms with Gasteiger partial charge in [-0.25, -0.2) is 16.8 Å². The minimum Gasteiger partial charge on any atom is -0.278 e. The number of rotatable bonds is 4. The fraction of sp³-hybridized carbons (Fsp3) is 0.133. The third-order valence-corrected chi connectivity index (χ3v) is 6.08. The molecule has 3 aromatic rings. The predicted octanol–water partition coefficient (Wildman–Crippen LogP) is 2.08. The Labute approximate surface area is 139 Å². The zero-order valence-corrected chi connectivity index (χ0v) is 14.6. The van der Waals surface area contributed by atoms with Crippen LogP contribution >= 0.6 is 0 Å². The highest BCUT2D eigenvalue weighted by Crippen LogP contribution is 2.26. The first-order valence-electron chi connectivity index (χ1n) is 6.95. The second kappa shape index (κ2) is 5.60. The van der Waals surface area contributed by atoms with Gasteiger partial charge in [0.2, 0.25) is 0 Å². The number of sulfonamides is 1. The molecule has 0 amide bonds. The molecule has 0 saturated carbocycles. The number of sulfone groups is 1. The molecule has 2 aromatic carbocycles. The molecule has 7 nitrogen and oxygen atoms in total. The van der Waals surface area contributed by atoms with Crippen molar-refractivity contribution in [2.75, 3.05) is 11.0 Å². The van der Waals surface area contributed by atoms with E-state index in [-0.39, 0.29) is 15.5 Å². The smallest absolute Gasteiger partial charge is 0.261 e. The summed E-state index contributed by atoms with van der Waals surface area (Å²) in [6, 6.07) is 10.4. The van der Waals surface area contributed by atoms with Gasteiger partial charge in [-0.2, -0.15) is 5.10 Å². The van der Waals surface area contributed by atoms with Gasteiger partial charge in [0.1, 0.15) is 0 Å². The van der Waals surface area contributed by atoms with Gasteiger partial charge >= 0.3 is 0 Å². The molecule has 0 aliphatic carbocycles. The Hall–Kier alpha value is -2.39. The number of aromatic nitrogens is 2. The van der Waals surface area contributed by atoms with Crippen LogP contribution in [0.3, 0.4) is 0 Å². The Kier molecular flexibility index (Phi) is 3.84. The summed E-state index contributed by atoms with van der Waals surface area (Å²) in [5.74, 6) is 0. The van der Waals surface area contributed by atoms with E-state index >= 15 is 0 Å². The third kappa shape index (κ3) is 3.00. The average Bonchev–Trinajstić information content (AvgIpc) is 2.87. The van der Waals surface area contributed by atoms with Crippen molar-refractivity contribution < 1.29 is 16.8 Å². The Bertz CT molecular complexity index is 1130. The van der Waals surface area contributed by atoms with E-state index in [0.29, 0.717) is 11.1 Å². The first-order chi connectivity index (χ1) is 11.2. The third-order valence-electron chi connectivity index (χ3n) is 3.57. The van der Waals surface area contributed by atoms with Gasteiger partial charge < -0.3 is 0 Å². The second-order valence-corrected chi connectivity index (χ2v) is 9.06. The molecule has 0 aliphatic heterocycles. The lowest BCUT2D eigenvalue weighted by molar-refractivity contribution is 0.601. The van der Waals surface area contributed by atoms with Gasteiger partial charge in [-0.3, -0.25) is 9.82 Å². The minimum absolute atomic E-state index is 0.0176. The van der Waals surface area contributed by atoms with E-state index < -0.39 is 19.9 Å². The predicted molar refractivity (Wildman–Crippen MR) is 91.2 cm³/mol. The largest absolute Gasteiger partial charge is 0.278 e. The van der Waals surface area contributed by atoms with E-state index in [1.54, 1.807) is 19.1 Å². The van der Waals surface area contributed by atoms with Crippen LogP contribution in [0.1, 0.15) is 5.69 Å². The maximum Gasteiger partial charge on any atom is 0.261 e. The van der Waals surface area contributed by atoms with Gasteiger partial charge in [0.05, 0.1) is 26.7 Å². The van der Waals surface area contributed by atoms with Gasteiger partial charge in [-0.05, 0) is 37.3 Å². The average molecular weight is 365 g/mol. The summed E-state index contributed by atoms with van der Waals surface area (Å²) in [5, 5.41) is 7.52. The molecule has 0 spiro atoms. The van der Waals surface area contributed by atoms with Crippen molar-refractivity contribution in [3.63, 3.8) is 0 Å². The van der Waals surface area contributed by atoms with Gasteiger partial charge in [0, 0.05) is 11.6 Å². The maximum atomic E-state index is 12.6. The van der Waals surface area contributed by atoms with Gasteiger partial charge in [0.15, 0.2) is 9.84 Å². The number of benzene rings is 2. The summed E-state index contributed by atoms with van der Waals surface area (Å²) >= 11 is 0. The number of aromatic amines is 1. The summed E-state index contributed by atoms with van der Waals surface area (Å²) in [5.41, 5.74) is 1.42. The number of hydrogen-bond acceptors (Lipinski definition) is 5. The quantitative estimate of drug-likeness (QED) is 0.736. The molecule has 0 unspecified atom stereocenters. The normalized spacial score (nSPS) is 12.4. The lowest BCUT2D eigenvalue weighted by Crippen LogP contribution is -2.15. The highest BCUT2D eigenvalue weighted by Gasteiger charge is 2.20. The number of anilines is 1. The SMILES string of the molecule is Cc1n[nH]c2ccc(S(=O)(=O)Nc3ccccc3S(C)(=O)=O)cc12. The molecule has 0 atom stereocenters. The molecule has 2 N–H and O–H groups in total. The van der Waals surface area contributed by atoms with Crippen LogP contribution in [0.25, 0.3) is 10.9 Å². The summed E-state index contributed by atoms with van der Waals surface area (Å²) in [6.07, 6.45) is 1.03. The summed E-state index contributed by atoms with van der Waals surface area (Å²) < 4.78 is 51.2. The number of para-hydroxylation sites is 1. The summed E-state index contributed by atoms with van der Waals surface area (Å²) in [4.78, 5) is -0.0445. The van der Waals surface area contributed by atoms with Crippen LogP contribution in [0.4, 0.5) is 5.69 Å². The molecule has 9 heteroatoms.